The molecule has 0 radical (unpaired) electrons. The largest absolute Gasteiger partial charge is 0.465 e. The van der Waals surface area contributed by atoms with E-state index >= 15 is 0 Å². The highest BCUT2D eigenvalue weighted by atomic mass is 79.9. The molecular formula is C18H14BrN3O2S2. The Labute approximate surface area is 168 Å². The summed E-state index contributed by atoms with van der Waals surface area (Å²) in [6.45, 7) is 0. The first-order chi connectivity index (χ1) is 12.6. The number of anilines is 2. The minimum absolute atomic E-state index is 0.339. The second kappa shape index (κ2) is 8.39. The number of rotatable bonds is 4. The van der Waals surface area contributed by atoms with Gasteiger partial charge in [0.1, 0.15) is 10.8 Å². The van der Waals surface area contributed by atoms with Gasteiger partial charge in [0.25, 0.3) is 0 Å². The fourth-order valence-corrected chi connectivity index (χ4v) is 3.75. The van der Waals surface area contributed by atoms with Crippen molar-refractivity contribution in [2.75, 3.05) is 17.7 Å². The molecule has 0 saturated heterocycles. The fraction of sp³-hybridized carbons (Fsp3) is 0.0556. The summed E-state index contributed by atoms with van der Waals surface area (Å²) in [5.41, 5.74) is 1.45. The number of benzene rings is 1. The Morgan fingerprint density at radius 3 is 2.62 bits per heavy atom. The summed E-state index contributed by atoms with van der Waals surface area (Å²) in [5, 5.41) is 7.01. The number of nitrogens with one attached hydrogen (secondary N) is 2. The lowest BCUT2D eigenvalue weighted by atomic mass is 10.1. The van der Waals surface area contributed by atoms with Crippen molar-refractivity contribution in [2.45, 2.75) is 0 Å². The molecule has 0 fully saturated rings. The van der Waals surface area contributed by atoms with E-state index in [1.165, 1.54) is 18.4 Å². The number of carbonyl (C=O) groups excluding carboxylic acids is 1. The van der Waals surface area contributed by atoms with Crippen LogP contribution in [0, 0.1) is 0 Å². The zero-order valence-corrected chi connectivity index (χ0v) is 16.9. The first-order valence-electron chi connectivity index (χ1n) is 7.54. The standard InChI is InChI=1S/C18H14BrN3O2S2/c1-24-17(23)13-9-14(11-5-3-2-4-6-11)26-16(13)22-18(25)21-15-8-7-12(19)10-20-15/h2-10H,1H3,(H2,20,21,22,25). The number of thiocarbonyl (C=S) groups is 1. The third-order valence-corrected chi connectivity index (χ3v) is 5.16. The molecule has 0 unspecified atom stereocenters. The average molecular weight is 448 g/mol. The van der Waals surface area contributed by atoms with Crippen molar-refractivity contribution in [1.82, 2.24) is 4.98 Å². The minimum Gasteiger partial charge on any atom is -0.465 e. The number of carbonyl (C=O) groups is 1. The van der Waals surface area contributed by atoms with Crippen molar-refractivity contribution in [3.05, 3.63) is 64.8 Å². The topological polar surface area (TPSA) is 63.2 Å². The van der Waals surface area contributed by atoms with E-state index in [0.717, 1.165) is 14.9 Å². The van der Waals surface area contributed by atoms with Crippen molar-refractivity contribution in [1.29, 1.82) is 0 Å². The molecule has 3 rings (SSSR count). The first kappa shape index (κ1) is 18.5. The molecule has 0 amide bonds. The maximum Gasteiger partial charge on any atom is 0.340 e. The normalized spacial score (nSPS) is 10.2. The Morgan fingerprint density at radius 2 is 1.96 bits per heavy atom. The lowest BCUT2D eigenvalue weighted by Crippen LogP contribution is -2.20. The van der Waals surface area contributed by atoms with Gasteiger partial charge in [-0.3, -0.25) is 0 Å². The Balaban J connectivity index is 1.83. The van der Waals surface area contributed by atoms with Gasteiger partial charge in [0, 0.05) is 15.5 Å². The number of hydrogen-bond donors (Lipinski definition) is 2. The second-order valence-electron chi connectivity index (χ2n) is 5.15. The summed E-state index contributed by atoms with van der Waals surface area (Å²) >= 11 is 10.1. The van der Waals surface area contributed by atoms with Gasteiger partial charge in [-0.1, -0.05) is 30.3 Å². The van der Waals surface area contributed by atoms with Crippen LogP contribution in [-0.2, 0) is 4.74 Å². The molecule has 1 aromatic carbocycles. The lowest BCUT2D eigenvalue weighted by Gasteiger charge is -2.09. The number of halogens is 1. The van der Waals surface area contributed by atoms with Gasteiger partial charge in [-0.15, -0.1) is 11.3 Å². The third-order valence-electron chi connectivity index (χ3n) is 3.39. The molecule has 0 spiro atoms. The van der Waals surface area contributed by atoms with Crippen LogP contribution in [0.2, 0.25) is 0 Å². The summed E-state index contributed by atoms with van der Waals surface area (Å²) < 4.78 is 5.76. The van der Waals surface area contributed by atoms with Crippen LogP contribution in [0.15, 0.2) is 59.2 Å². The fourth-order valence-electron chi connectivity index (χ4n) is 2.19. The number of thiophene rings is 1. The van der Waals surface area contributed by atoms with Crippen LogP contribution in [0.25, 0.3) is 10.4 Å². The van der Waals surface area contributed by atoms with Crippen molar-refractivity contribution in [3.8, 4) is 10.4 Å². The Kier molecular flexibility index (Phi) is 5.97. The maximum atomic E-state index is 12.1. The van der Waals surface area contributed by atoms with E-state index < -0.39 is 5.97 Å². The summed E-state index contributed by atoms with van der Waals surface area (Å²) in [6, 6.07) is 15.3. The average Bonchev–Trinajstić information content (AvgIpc) is 3.07. The zero-order chi connectivity index (χ0) is 18.5. The second-order valence-corrected chi connectivity index (χ2v) is 7.53. The van der Waals surface area contributed by atoms with Gasteiger partial charge in [0.15, 0.2) is 5.11 Å². The van der Waals surface area contributed by atoms with Crippen LogP contribution >= 0.6 is 39.5 Å². The molecule has 0 aliphatic rings. The van der Waals surface area contributed by atoms with Gasteiger partial charge in [0.2, 0.25) is 0 Å². The predicted octanol–water partition coefficient (Wildman–Crippen LogP) is 5.17. The van der Waals surface area contributed by atoms with Gasteiger partial charge in [-0.25, -0.2) is 9.78 Å². The van der Waals surface area contributed by atoms with Gasteiger partial charge in [0.05, 0.1) is 12.7 Å². The SMILES string of the molecule is COC(=O)c1cc(-c2ccccc2)sc1NC(=S)Nc1ccc(Br)cn1. The van der Waals surface area contributed by atoms with E-state index in [9.17, 15) is 4.79 Å². The molecule has 5 nitrogen and oxygen atoms in total. The van der Waals surface area contributed by atoms with E-state index in [4.69, 9.17) is 17.0 Å². The number of aromatic nitrogens is 1. The highest BCUT2D eigenvalue weighted by molar-refractivity contribution is 9.10. The molecule has 2 aromatic heterocycles. The summed E-state index contributed by atoms with van der Waals surface area (Å²) in [6.07, 6.45) is 1.67. The number of esters is 1. The molecule has 3 aromatic rings. The van der Waals surface area contributed by atoms with Crippen LogP contribution in [0.5, 0.6) is 0 Å². The molecule has 2 N–H and O–H groups in total. The van der Waals surface area contributed by atoms with Crippen LogP contribution in [0.4, 0.5) is 10.8 Å². The number of ether oxygens (including phenoxy) is 1. The van der Waals surface area contributed by atoms with Gasteiger partial charge in [-0.2, -0.15) is 0 Å². The van der Waals surface area contributed by atoms with Gasteiger partial charge >= 0.3 is 5.97 Å². The van der Waals surface area contributed by atoms with Crippen molar-refractivity contribution in [3.63, 3.8) is 0 Å². The summed E-state index contributed by atoms with van der Waals surface area (Å²) in [5.74, 6) is 0.181. The molecule has 2 heterocycles. The predicted molar refractivity (Wildman–Crippen MR) is 113 cm³/mol. The molecule has 0 aliphatic heterocycles. The highest BCUT2D eigenvalue weighted by Crippen LogP contribution is 2.35. The monoisotopic (exact) mass is 447 g/mol. The summed E-state index contributed by atoms with van der Waals surface area (Å²) in [7, 11) is 1.36. The molecular weight excluding hydrogens is 434 g/mol. The molecule has 0 bridgehead atoms. The van der Waals surface area contributed by atoms with E-state index in [1.54, 1.807) is 18.3 Å². The number of methoxy groups -OCH3 is 1. The van der Waals surface area contributed by atoms with Crippen LogP contribution < -0.4 is 10.6 Å². The number of nitrogens with zero attached hydrogens (tertiary/aromatic N) is 1. The van der Waals surface area contributed by atoms with Gasteiger partial charge < -0.3 is 15.4 Å². The molecule has 0 atom stereocenters. The third kappa shape index (κ3) is 4.46. The molecule has 26 heavy (non-hydrogen) atoms. The van der Waals surface area contributed by atoms with E-state index in [2.05, 4.69) is 31.5 Å². The Morgan fingerprint density at radius 1 is 1.19 bits per heavy atom. The molecule has 132 valence electrons. The van der Waals surface area contributed by atoms with Crippen molar-refractivity contribution < 1.29 is 9.53 Å². The number of hydrogen-bond acceptors (Lipinski definition) is 5. The van der Waals surface area contributed by atoms with E-state index in [-0.39, 0.29) is 0 Å². The van der Waals surface area contributed by atoms with Gasteiger partial charge in [-0.05, 0) is 51.9 Å². The van der Waals surface area contributed by atoms with Crippen LogP contribution in [0.1, 0.15) is 10.4 Å². The lowest BCUT2D eigenvalue weighted by molar-refractivity contribution is 0.0602. The first-order valence-corrected chi connectivity index (χ1v) is 9.55. The molecule has 8 heteroatoms. The highest BCUT2D eigenvalue weighted by Gasteiger charge is 2.18. The van der Waals surface area contributed by atoms with Crippen molar-refractivity contribution in [2.24, 2.45) is 0 Å². The number of pyridine rings is 1. The molecule has 0 saturated carbocycles. The van der Waals surface area contributed by atoms with Crippen LogP contribution in [0.3, 0.4) is 0 Å². The van der Waals surface area contributed by atoms with E-state index in [0.29, 0.717) is 21.5 Å². The quantitative estimate of drug-likeness (QED) is 0.424. The Hall–Kier alpha value is -2.29. The van der Waals surface area contributed by atoms with Crippen LogP contribution in [-0.4, -0.2) is 23.2 Å². The minimum atomic E-state index is -0.421. The van der Waals surface area contributed by atoms with Crippen molar-refractivity contribution >= 4 is 61.4 Å². The zero-order valence-electron chi connectivity index (χ0n) is 13.7. The maximum absolute atomic E-state index is 12.1. The molecule has 0 aliphatic carbocycles. The Bertz CT molecular complexity index is 927. The van der Waals surface area contributed by atoms with E-state index in [1.807, 2.05) is 36.4 Å². The smallest absolute Gasteiger partial charge is 0.340 e. The summed E-state index contributed by atoms with van der Waals surface area (Å²) in [4.78, 5) is 17.3.